The average Bonchev–Trinajstić information content (AvgIpc) is 2.29. The molecule has 1 rings (SSSR count). The van der Waals surface area contributed by atoms with Gasteiger partial charge in [0.15, 0.2) is 0 Å². The zero-order valence-corrected chi connectivity index (χ0v) is 11.0. The Morgan fingerprint density at radius 2 is 2.25 bits per heavy atom. The summed E-state index contributed by atoms with van der Waals surface area (Å²) in [5.74, 6) is 1.45. The minimum absolute atomic E-state index is 0.190. The Labute approximate surface area is 101 Å². The smallest absolute Gasteiger partial charge is 0.0334 e. The number of nitrogens with one attached hydrogen (secondary N) is 1. The molecular weight excluding hydrogens is 196 g/mol. The van der Waals surface area contributed by atoms with Crippen molar-refractivity contribution in [3.05, 3.63) is 12.7 Å². The van der Waals surface area contributed by atoms with E-state index in [4.69, 9.17) is 5.73 Å². The third-order valence-corrected chi connectivity index (χ3v) is 4.09. The van der Waals surface area contributed by atoms with Crippen molar-refractivity contribution in [2.75, 3.05) is 13.1 Å². The molecule has 2 unspecified atom stereocenters. The summed E-state index contributed by atoms with van der Waals surface area (Å²) in [7, 11) is 0. The Kier molecular flexibility index (Phi) is 5.50. The van der Waals surface area contributed by atoms with Gasteiger partial charge in [-0.05, 0) is 37.6 Å². The van der Waals surface area contributed by atoms with Crippen molar-refractivity contribution in [1.29, 1.82) is 0 Å². The fourth-order valence-corrected chi connectivity index (χ4v) is 3.21. The SMILES string of the molecule is C=CCCNC1(CN)CCCCC1C(C)C. The van der Waals surface area contributed by atoms with Crippen molar-refractivity contribution >= 4 is 0 Å². The number of hydrogen-bond acceptors (Lipinski definition) is 2. The van der Waals surface area contributed by atoms with Gasteiger partial charge in [0.1, 0.15) is 0 Å². The molecule has 0 saturated heterocycles. The molecule has 0 radical (unpaired) electrons. The fourth-order valence-electron chi connectivity index (χ4n) is 3.21. The first-order valence-electron chi connectivity index (χ1n) is 6.72. The van der Waals surface area contributed by atoms with Crippen molar-refractivity contribution in [1.82, 2.24) is 5.32 Å². The Bertz CT molecular complexity index is 213. The minimum Gasteiger partial charge on any atom is -0.329 e. The predicted molar refractivity (Wildman–Crippen MR) is 71.4 cm³/mol. The maximum Gasteiger partial charge on any atom is 0.0334 e. The van der Waals surface area contributed by atoms with E-state index in [9.17, 15) is 0 Å². The van der Waals surface area contributed by atoms with E-state index in [1.165, 1.54) is 25.7 Å². The van der Waals surface area contributed by atoms with Crippen molar-refractivity contribution in [2.45, 2.75) is 51.5 Å². The van der Waals surface area contributed by atoms with Crippen LogP contribution >= 0.6 is 0 Å². The van der Waals surface area contributed by atoms with Gasteiger partial charge in [-0.15, -0.1) is 6.58 Å². The maximum atomic E-state index is 6.06. The summed E-state index contributed by atoms with van der Waals surface area (Å²) in [4.78, 5) is 0. The van der Waals surface area contributed by atoms with E-state index in [0.29, 0.717) is 0 Å². The molecule has 1 saturated carbocycles. The highest BCUT2D eigenvalue weighted by Gasteiger charge is 2.40. The Morgan fingerprint density at radius 1 is 1.50 bits per heavy atom. The number of nitrogens with two attached hydrogens (primary N) is 1. The quantitative estimate of drug-likeness (QED) is 0.538. The first-order valence-corrected chi connectivity index (χ1v) is 6.72. The lowest BCUT2D eigenvalue weighted by molar-refractivity contribution is 0.109. The molecule has 0 aromatic heterocycles. The molecule has 0 bridgehead atoms. The van der Waals surface area contributed by atoms with Crippen molar-refractivity contribution in [3.8, 4) is 0 Å². The second-order valence-electron chi connectivity index (χ2n) is 5.46. The largest absolute Gasteiger partial charge is 0.329 e. The van der Waals surface area contributed by atoms with Crippen molar-refractivity contribution in [2.24, 2.45) is 17.6 Å². The van der Waals surface area contributed by atoms with Gasteiger partial charge in [0.2, 0.25) is 0 Å². The van der Waals surface area contributed by atoms with E-state index >= 15 is 0 Å². The van der Waals surface area contributed by atoms with Gasteiger partial charge in [0.25, 0.3) is 0 Å². The molecule has 1 fully saturated rings. The van der Waals surface area contributed by atoms with Crippen LogP contribution in [0.3, 0.4) is 0 Å². The van der Waals surface area contributed by atoms with E-state index in [0.717, 1.165) is 31.3 Å². The van der Waals surface area contributed by atoms with E-state index in [1.54, 1.807) is 0 Å². The van der Waals surface area contributed by atoms with Crippen LogP contribution in [-0.4, -0.2) is 18.6 Å². The molecule has 2 atom stereocenters. The molecule has 1 aliphatic carbocycles. The average molecular weight is 224 g/mol. The molecular formula is C14H28N2. The highest BCUT2D eigenvalue weighted by molar-refractivity contribution is 4.99. The summed E-state index contributed by atoms with van der Waals surface area (Å²) in [5, 5.41) is 3.72. The van der Waals surface area contributed by atoms with E-state index in [-0.39, 0.29) is 5.54 Å². The van der Waals surface area contributed by atoms with Gasteiger partial charge in [0, 0.05) is 12.1 Å². The molecule has 2 heteroatoms. The van der Waals surface area contributed by atoms with Gasteiger partial charge >= 0.3 is 0 Å². The second-order valence-corrected chi connectivity index (χ2v) is 5.46. The summed E-state index contributed by atoms with van der Waals surface area (Å²) in [6, 6.07) is 0. The molecule has 0 aromatic carbocycles. The van der Waals surface area contributed by atoms with Crippen LogP contribution in [0.1, 0.15) is 46.0 Å². The van der Waals surface area contributed by atoms with Crippen molar-refractivity contribution in [3.63, 3.8) is 0 Å². The summed E-state index contributed by atoms with van der Waals surface area (Å²) in [6.07, 6.45) is 8.27. The lowest BCUT2D eigenvalue weighted by Gasteiger charge is -2.46. The third-order valence-electron chi connectivity index (χ3n) is 4.09. The molecule has 2 nitrogen and oxygen atoms in total. The van der Waals surface area contributed by atoms with Crippen LogP contribution in [0.15, 0.2) is 12.7 Å². The lowest BCUT2D eigenvalue weighted by Crippen LogP contribution is -2.59. The lowest BCUT2D eigenvalue weighted by atomic mass is 9.68. The van der Waals surface area contributed by atoms with Gasteiger partial charge in [-0.1, -0.05) is 32.8 Å². The maximum absolute atomic E-state index is 6.06. The molecule has 0 amide bonds. The molecule has 0 aromatic rings. The van der Waals surface area contributed by atoms with Crippen LogP contribution in [0.2, 0.25) is 0 Å². The van der Waals surface area contributed by atoms with Gasteiger partial charge < -0.3 is 11.1 Å². The van der Waals surface area contributed by atoms with E-state index in [1.807, 2.05) is 6.08 Å². The molecule has 1 aliphatic rings. The van der Waals surface area contributed by atoms with E-state index in [2.05, 4.69) is 25.7 Å². The fraction of sp³-hybridized carbons (Fsp3) is 0.857. The van der Waals surface area contributed by atoms with Crippen LogP contribution in [0, 0.1) is 11.8 Å². The first kappa shape index (κ1) is 13.7. The third kappa shape index (κ3) is 3.08. The number of rotatable bonds is 6. The van der Waals surface area contributed by atoms with Crippen LogP contribution < -0.4 is 11.1 Å². The van der Waals surface area contributed by atoms with E-state index < -0.39 is 0 Å². The van der Waals surface area contributed by atoms with Crippen molar-refractivity contribution < 1.29 is 0 Å². The topological polar surface area (TPSA) is 38.0 Å². The standard InChI is InChI=1S/C14H28N2/c1-4-5-10-16-14(11-15)9-7-6-8-13(14)12(2)3/h4,12-13,16H,1,5-11,15H2,2-3H3. The van der Waals surface area contributed by atoms with Gasteiger partial charge in [-0.2, -0.15) is 0 Å². The Balaban J connectivity index is 2.67. The molecule has 3 N–H and O–H groups in total. The minimum atomic E-state index is 0.190. The van der Waals surface area contributed by atoms with Gasteiger partial charge in [-0.3, -0.25) is 0 Å². The van der Waals surface area contributed by atoms with Gasteiger partial charge in [0.05, 0.1) is 0 Å². The zero-order chi connectivity index (χ0) is 12.0. The summed E-state index contributed by atoms with van der Waals surface area (Å²) in [5.41, 5.74) is 6.25. The van der Waals surface area contributed by atoms with Crippen LogP contribution in [0.4, 0.5) is 0 Å². The normalized spacial score (nSPS) is 30.6. The highest BCUT2D eigenvalue weighted by Crippen LogP contribution is 2.37. The predicted octanol–water partition coefficient (Wildman–Crippen LogP) is 2.70. The van der Waals surface area contributed by atoms with Crippen LogP contribution in [-0.2, 0) is 0 Å². The van der Waals surface area contributed by atoms with Gasteiger partial charge in [-0.25, -0.2) is 0 Å². The molecule has 0 aliphatic heterocycles. The highest BCUT2D eigenvalue weighted by atomic mass is 15.0. The molecule has 94 valence electrons. The Hall–Kier alpha value is -0.340. The van der Waals surface area contributed by atoms with Crippen LogP contribution in [0.25, 0.3) is 0 Å². The monoisotopic (exact) mass is 224 g/mol. The second kappa shape index (κ2) is 6.41. The molecule has 0 spiro atoms. The van der Waals surface area contributed by atoms with Crippen LogP contribution in [0.5, 0.6) is 0 Å². The zero-order valence-electron chi connectivity index (χ0n) is 11.0. The summed E-state index contributed by atoms with van der Waals surface area (Å²) in [6.45, 7) is 10.2. The summed E-state index contributed by atoms with van der Waals surface area (Å²) < 4.78 is 0. The molecule has 16 heavy (non-hydrogen) atoms. The summed E-state index contributed by atoms with van der Waals surface area (Å²) >= 11 is 0. The first-order chi connectivity index (χ1) is 7.66. The Morgan fingerprint density at radius 3 is 2.81 bits per heavy atom. The molecule has 0 heterocycles. The number of hydrogen-bond donors (Lipinski definition) is 2.